The molecule has 0 saturated carbocycles. The molecule has 4 rings (SSSR count). The number of carbonyl (C=O) groups excluding carboxylic acids is 2. The first-order valence-electron chi connectivity index (χ1n) is 10.9. The topological polar surface area (TPSA) is 59.1 Å². The van der Waals surface area contributed by atoms with Gasteiger partial charge in [0.05, 0.1) is 24.5 Å². The van der Waals surface area contributed by atoms with Crippen molar-refractivity contribution >= 4 is 17.5 Å². The van der Waals surface area contributed by atoms with Crippen LogP contribution < -0.4 is 9.64 Å². The lowest BCUT2D eigenvalue weighted by Crippen LogP contribution is -2.39. The molecule has 0 N–H and O–H groups in total. The molecule has 0 radical (unpaired) electrons. The highest BCUT2D eigenvalue weighted by molar-refractivity contribution is 6.10. The Labute approximate surface area is 200 Å². The summed E-state index contributed by atoms with van der Waals surface area (Å²) in [6.45, 7) is 0.800. The Kier molecular flexibility index (Phi) is 7.07. The molecule has 3 aromatic carbocycles. The lowest BCUT2D eigenvalue weighted by molar-refractivity contribution is -0.274. The van der Waals surface area contributed by atoms with Gasteiger partial charge in [0.1, 0.15) is 12.3 Å². The van der Waals surface area contributed by atoms with Crippen LogP contribution in [0.5, 0.6) is 5.75 Å². The minimum atomic E-state index is -4.77. The van der Waals surface area contributed by atoms with E-state index in [-0.39, 0.29) is 37.3 Å². The molecule has 3 aromatic rings. The second-order valence-corrected chi connectivity index (χ2v) is 8.02. The van der Waals surface area contributed by atoms with E-state index in [0.717, 1.165) is 5.56 Å². The van der Waals surface area contributed by atoms with Gasteiger partial charge in [0.25, 0.3) is 5.91 Å². The maximum atomic E-state index is 13.3. The molecule has 1 aliphatic rings. The Morgan fingerprint density at radius 3 is 2.29 bits per heavy atom. The summed E-state index contributed by atoms with van der Waals surface area (Å²) in [4.78, 5) is 28.9. The molecule has 2 amide bonds. The summed E-state index contributed by atoms with van der Waals surface area (Å²) in [5.74, 6) is -0.888. The van der Waals surface area contributed by atoms with Crippen LogP contribution in [0.1, 0.15) is 15.9 Å². The Balaban J connectivity index is 1.51. The molecule has 1 aliphatic heterocycles. The van der Waals surface area contributed by atoms with Gasteiger partial charge in [0.15, 0.2) is 0 Å². The lowest BCUT2D eigenvalue weighted by atomic mass is 10.0. The number of likely N-dealkylation sites (N-methyl/N-ethyl adjacent to an activating group) is 1. The number of hydrogen-bond donors (Lipinski definition) is 0. The van der Waals surface area contributed by atoms with Crippen molar-refractivity contribution in [2.75, 3.05) is 31.6 Å². The number of hydrogen-bond acceptors (Lipinski definition) is 4. The zero-order chi connectivity index (χ0) is 25.0. The number of ether oxygens (including phenoxy) is 2. The van der Waals surface area contributed by atoms with E-state index in [4.69, 9.17) is 4.74 Å². The third-order valence-electron chi connectivity index (χ3n) is 5.61. The van der Waals surface area contributed by atoms with E-state index in [1.165, 1.54) is 34.1 Å². The molecule has 0 bridgehead atoms. The number of rotatable bonds is 7. The van der Waals surface area contributed by atoms with Gasteiger partial charge in [-0.05, 0) is 41.0 Å². The summed E-state index contributed by atoms with van der Waals surface area (Å²) in [5, 5.41) is 0. The molecule has 0 atom stereocenters. The first-order chi connectivity index (χ1) is 16.7. The molecule has 1 heterocycles. The number of carbonyl (C=O) groups is 2. The van der Waals surface area contributed by atoms with Crippen molar-refractivity contribution in [2.45, 2.75) is 13.0 Å². The van der Waals surface area contributed by atoms with E-state index in [0.29, 0.717) is 29.0 Å². The second-order valence-electron chi connectivity index (χ2n) is 8.02. The number of fused-ring (bicyclic) bond motifs is 1. The quantitative estimate of drug-likeness (QED) is 0.448. The summed E-state index contributed by atoms with van der Waals surface area (Å²) in [5.41, 5.74) is 3.03. The van der Waals surface area contributed by atoms with Gasteiger partial charge in [0, 0.05) is 13.6 Å². The first kappa shape index (κ1) is 24.3. The lowest BCUT2D eigenvalue weighted by Gasteiger charge is -2.20. The minimum absolute atomic E-state index is 0.0858. The normalized spacial score (nSPS) is 14.1. The zero-order valence-electron chi connectivity index (χ0n) is 18.9. The SMILES string of the molecule is CN1C(=O)CN(CCOCc2ccccc2)C(=O)c2cc(-c3ccc(OC(F)(F)F)cc3)ccc21. The van der Waals surface area contributed by atoms with Crippen LogP contribution in [0.3, 0.4) is 0 Å². The Morgan fingerprint density at radius 1 is 0.914 bits per heavy atom. The van der Waals surface area contributed by atoms with E-state index < -0.39 is 6.36 Å². The number of nitrogens with zero attached hydrogens (tertiary/aromatic N) is 2. The van der Waals surface area contributed by atoms with Gasteiger partial charge >= 0.3 is 6.36 Å². The third-order valence-corrected chi connectivity index (χ3v) is 5.61. The fourth-order valence-corrected chi connectivity index (χ4v) is 3.79. The maximum absolute atomic E-state index is 13.3. The molecule has 35 heavy (non-hydrogen) atoms. The predicted molar refractivity (Wildman–Crippen MR) is 124 cm³/mol. The number of benzene rings is 3. The maximum Gasteiger partial charge on any atom is 0.573 e. The van der Waals surface area contributed by atoms with Crippen molar-refractivity contribution < 1.29 is 32.2 Å². The summed E-state index contributed by atoms with van der Waals surface area (Å²) in [7, 11) is 1.60. The molecule has 182 valence electrons. The van der Waals surface area contributed by atoms with Gasteiger partial charge in [-0.25, -0.2) is 0 Å². The summed E-state index contributed by atoms with van der Waals surface area (Å²) in [6.07, 6.45) is -4.77. The van der Waals surface area contributed by atoms with Crippen LogP contribution in [0, 0.1) is 0 Å². The highest BCUT2D eigenvalue weighted by atomic mass is 19.4. The average Bonchev–Trinajstić information content (AvgIpc) is 2.92. The van der Waals surface area contributed by atoms with Crippen LogP contribution in [0.15, 0.2) is 72.8 Å². The fraction of sp³-hybridized carbons (Fsp3) is 0.231. The molecular weight excluding hydrogens is 461 g/mol. The molecule has 0 saturated heterocycles. The summed E-state index contributed by atoms with van der Waals surface area (Å²) < 4.78 is 46.9. The summed E-state index contributed by atoms with van der Waals surface area (Å²) >= 11 is 0. The molecule has 0 spiro atoms. The van der Waals surface area contributed by atoms with Crippen molar-refractivity contribution in [3.05, 3.63) is 83.9 Å². The standard InChI is InChI=1S/C26H23F3N2O4/c1-30-23-12-9-20(19-7-10-21(11-8-19)35-26(27,28)29)15-22(23)25(33)31(16-24(30)32)13-14-34-17-18-5-3-2-4-6-18/h2-12,15H,13-14,16-17H2,1H3. The molecular formula is C26H23F3N2O4. The van der Waals surface area contributed by atoms with Gasteiger partial charge in [-0.2, -0.15) is 0 Å². The van der Waals surface area contributed by atoms with Gasteiger partial charge in [-0.15, -0.1) is 13.2 Å². The fourth-order valence-electron chi connectivity index (χ4n) is 3.79. The van der Waals surface area contributed by atoms with Crippen LogP contribution in [0.2, 0.25) is 0 Å². The number of alkyl halides is 3. The summed E-state index contributed by atoms with van der Waals surface area (Å²) in [6, 6.07) is 20.0. The van der Waals surface area contributed by atoms with Gasteiger partial charge in [0.2, 0.25) is 5.91 Å². The van der Waals surface area contributed by atoms with Gasteiger partial charge in [-0.3, -0.25) is 9.59 Å². The monoisotopic (exact) mass is 484 g/mol. The van der Waals surface area contributed by atoms with E-state index in [9.17, 15) is 22.8 Å². The molecule has 0 unspecified atom stereocenters. The Morgan fingerprint density at radius 2 is 1.60 bits per heavy atom. The van der Waals surface area contributed by atoms with E-state index in [2.05, 4.69) is 4.74 Å². The minimum Gasteiger partial charge on any atom is -0.406 e. The zero-order valence-corrected chi connectivity index (χ0v) is 18.9. The Bertz CT molecular complexity index is 1200. The van der Waals surface area contributed by atoms with Crippen LogP contribution >= 0.6 is 0 Å². The molecule has 6 nitrogen and oxygen atoms in total. The van der Waals surface area contributed by atoms with Gasteiger partial charge in [-0.1, -0.05) is 48.5 Å². The smallest absolute Gasteiger partial charge is 0.406 e. The Hall–Kier alpha value is -3.85. The molecule has 0 aliphatic carbocycles. The van der Waals surface area contributed by atoms with Crippen molar-refractivity contribution in [1.82, 2.24) is 4.90 Å². The van der Waals surface area contributed by atoms with E-state index >= 15 is 0 Å². The molecule has 0 aromatic heterocycles. The molecule has 0 fully saturated rings. The van der Waals surface area contributed by atoms with Crippen molar-refractivity contribution in [3.8, 4) is 16.9 Å². The highest BCUT2D eigenvalue weighted by Gasteiger charge is 2.31. The number of halogens is 3. The largest absolute Gasteiger partial charge is 0.573 e. The van der Waals surface area contributed by atoms with Crippen molar-refractivity contribution in [3.63, 3.8) is 0 Å². The van der Waals surface area contributed by atoms with Crippen LogP contribution in [-0.2, 0) is 16.1 Å². The van der Waals surface area contributed by atoms with Gasteiger partial charge < -0.3 is 19.3 Å². The van der Waals surface area contributed by atoms with Crippen LogP contribution in [-0.4, -0.2) is 49.8 Å². The predicted octanol–water partition coefficient (Wildman–Crippen LogP) is 4.89. The van der Waals surface area contributed by atoms with Crippen LogP contribution in [0.25, 0.3) is 11.1 Å². The van der Waals surface area contributed by atoms with E-state index in [1.807, 2.05) is 30.3 Å². The van der Waals surface area contributed by atoms with E-state index in [1.54, 1.807) is 25.2 Å². The first-order valence-corrected chi connectivity index (χ1v) is 10.9. The molecule has 9 heteroatoms. The number of anilines is 1. The third kappa shape index (κ3) is 5.99. The van der Waals surface area contributed by atoms with Crippen LogP contribution in [0.4, 0.5) is 18.9 Å². The average molecular weight is 484 g/mol. The van der Waals surface area contributed by atoms with Crippen molar-refractivity contribution in [2.24, 2.45) is 0 Å². The number of amides is 2. The highest BCUT2D eigenvalue weighted by Crippen LogP contribution is 2.32. The second kappa shape index (κ2) is 10.2. The van der Waals surface area contributed by atoms with Crippen molar-refractivity contribution in [1.29, 1.82) is 0 Å².